The Morgan fingerprint density at radius 2 is 2.00 bits per heavy atom. The standard InChI is InChI=1S/C14H22N2S/c15-12-7-8-16(10-12)13-5-3-11(4-6-13)14-2-1-9-17-14/h1-2,9,11-13H,3-8,10,15H2/t11?,12-,13?/m1/s1. The Balaban J connectivity index is 1.54. The molecule has 1 aliphatic carbocycles. The summed E-state index contributed by atoms with van der Waals surface area (Å²) in [6, 6.07) is 5.75. The molecule has 0 unspecified atom stereocenters. The molecule has 2 heterocycles. The molecule has 1 saturated heterocycles. The van der Waals surface area contributed by atoms with Crippen molar-refractivity contribution in [2.75, 3.05) is 13.1 Å². The second kappa shape index (κ2) is 5.09. The van der Waals surface area contributed by atoms with Crippen LogP contribution in [0.15, 0.2) is 17.5 Å². The molecule has 17 heavy (non-hydrogen) atoms. The van der Waals surface area contributed by atoms with Crippen LogP contribution in [0, 0.1) is 0 Å². The molecule has 2 N–H and O–H groups in total. The quantitative estimate of drug-likeness (QED) is 0.874. The number of hydrogen-bond acceptors (Lipinski definition) is 3. The highest BCUT2D eigenvalue weighted by Gasteiger charge is 2.30. The van der Waals surface area contributed by atoms with E-state index in [9.17, 15) is 0 Å². The molecular weight excluding hydrogens is 228 g/mol. The van der Waals surface area contributed by atoms with Gasteiger partial charge in [0.1, 0.15) is 0 Å². The molecule has 3 rings (SSSR count). The van der Waals surface area contributed by atoms with Crippen LogP contribution in [0.3, 0.4) is 0 Å². The zero-order valence-electron chi connectivity index (χ0n) is 10.3. The van der Waals surface area contributed by atoms with Gasteiger partial charge in [-0.05, 0) is 49.5 Å². The van der Waals surface area contributed by atoms with Crippen molar-refractivity contribution in [2.45, 2.75) is 50.1 Å². The number of hydrogen-bond donors (Lipinski definition) is 1. The molecule has 1 aliphatic heterocycles. The Morgan fingerprint density at radius 3 is 2.59 bits per heavy atom. The summed E-state index contributed by atoms with van der Waals surface area (Å²) in [6.07, 6.45) is 6.68. The van der Waals surface area contributed by atoms with Crippen molar-refractivity contribution in [1.82, 2.24) is 4.90 Å². The van der Waals surface area contributed by atoms with E-state index in [-0.39, 0.29) is 0 Å². The molecule has 0 spiro atoms. The summed E-state index contributed by atoms with van der Waals surface area (Å²) in [5.41, 5.74) is 6.00. The molecule has 2 nitrogen and oxygen atoms in total. The van der Waals surface area contributed by atoms with E-state index >= 15 is 0 Å². The van der Waals surface area contributed by atoms with Gasteiger partial charge in [-0.2, -0.15) is 0 Å². The second-order valence-electron chi connectivity index (χ2n) is 5.56. The van der Waals surface area contributed by atoms with Gasteiger partial charge in [0, 0.05) is 30.1 Å². The van der Waals surface area contributed by atoms with Crippen LogP contribution < -0.4 is 5.73 Å². The van der Waals surface area contributed by atoms with E-state index in [0.29, 0.717) is 6.04 Å². The molecule has 94 valence electrons. The van der Waals surface area contributed by atoms with Gasteiger partial charge in [-0.15, -0.1) is 11.3 Å². The van der Waals surface area contributed by atoms with Gasteiger partial charge < -0.3 is 5.73 Å². The summed E-state index contributed by atoms with van der Waals surface area (Å²) in [6.45, 7) is 2.36. The Labute approximate surface area is 108 Å². The predicted molar refractivity (Wildman–Crippen MR) is 73.5 cm³/mol. The van der Waals surface area contributed by atoms with Crippen LogP contribution in [0.4, 0.5) is 0 Å². The molecule has 1 aromatic rings. The van der Waals surface area contributed by atoms with Crippen LogP contribution in [0.1, 0.15) is 42.9 Å². The van der Waals surface area contributed by atoms with Crippen LogP contribution in [0.25, 0.3) is 0 Å². The van der Waals surface area contributed by atoms with E-state index in [4.69, 9.17) is 5.73 Å². The molecule has 2 aliphatic rings. The van der Waals surface area contributed by atoms with Crippen LogP contribution in [-0.2, 0) is 0 Å². The largest absolute Gasteiger partial charge is 0.326 e. The van der Waals surface area contributed by atoms with Crippen LogP contribution in [0.5, 0.6) is 0 Å². The number of likely N-dealkylation sites (tertiary alicyclic amines) is 1. The van der Waals surface area contributed by atoms with Gasteiger partial charge in [-0.1, -0.05) is 6.07 Å². The van der Waals surface area contributed by atoms with Crippen molar-refractivity contribution in [3.8, 4) is 0 Å². The minimum atomic E-state index is 0.435. The Hall–Kier alpha value is -0.380. The molecule has 0 bridgehead atoms. The number of thiophene rings is 1. The maximum Gasteiger partial charge on any atom is 0.0180 e. The summed E-state index contributed by atoms with van der Waals surface area (Å²) in [5.74, 6) is 0.836. The van der Waals surface area contributed by atoms with E-state index in [1.165, 1.54) is 38.6 Å². The van der Waals surface area contributed by atoms with E-state index in [0.717, 1.165) is 18.5 Å². The fourth-order valence-electron chi connectivity index (χ4n) is 3.40. The maximum absolute atomic E-state index is 6.00. The lowest BCUT2D eigenvalue weighted by Crippen LogP contribution is -2.37. The minimum absolute atomic E-state index is 0.435. The van der Waals surface area contributed by atoms with Gasteiger partial charge in [0.05, 0.1) is 0 Å². The first-order chi connectivity index (χ1) is 8.33. The fraction of sp³-hybridized carbons (Fsp3) is 0.714. The van der Waals surface area contributed by atoms with Crippen LogP contribution >= 0.6 is 11.3 Å². The molecule has 2 fully saturated rings. The van der Waals surface area contributed by atoms with Crippen molar-refractivity contribution in [3.05, 3.63) is 22.4 Å². The Morgan fingerprint density at radius 1 is 1.18 bits per heavy atom. The molecule has 1 aromatic heterocycles. The molecule has 0 radical (unpaired) electrons. The summed E-state index contributed by atoms with van der Waals surface area (Å²) >= 11 is 1.93. The van der Waals surface area contributed by atoms with E-state index in [1.54, 1.807) is 4.88 Å². The van der Waals surface area contributed by atoms with Crippen LogP contribution in [0.2, 0.25) is 0 Å². The van der Waals surface area contributed by atoms with Crippen molar-refractivity contribution in [3.63, 3.8) is 0 Å². The van der Waals surface area contributed by atoms with E-state index < -0.39 is 0 Å². The van der Waals surface area contributed by atoms with Crippen molar-refractivity contribution < 1.29 is 0 Å². The zero-order valence-corrected chi connectivity index (χ0v) is 11.2. The maximum atomic E-state index is 6.00. The smallest absolute Gasteiger partial charge is 0.0180 e. The molecule has 0 aromatic carbocycles. The van der Waals surface area contributed by atoms with Gasteiger partial charge in [0.2, 0.25) is 0 Å². The van der Waals surface area contributed by atoms with Crippen molar-refractivity contribution >= 4 is 11.3 Å². The van der Waals surface area contributed by atoms with Gasteiger partial charge in [-0.25, -0.2) is 0 Å². The highest BCUT2D eigenvalue weighted by molar-refractivity contribution is 7.10. The summed E-state index contributed by atoms with van der Waals surface area (Å²) in [5, 5.41) is 2.21. The molecule has 0 amide bonds. The second-order valence-corrected chi connectivity index (χ2v) is 6.54. The number of nitrogens with zero attached hydrogens (tertiary/aromatic N) is 1. The SMILES string of the molecule is N[C@@H]1CCN(C2CCC(c3cccs3)CC2)C1. The lowest BCUT2D eigenvalue weighted by molar-refractivity contribution is 0.180. The fourth-order valence-corrected chi connectivity index (χ4v) is 4.30. The summed E-state index contributed by atoms with van der Waals surface area (Å²) in [7, 11) is 0. The molecular formula is C14H22N2S. The third kappa shape index (κ3) is 2.56. The first-order valence-corrected chi connectivity index (χ1v) is 7.74. The topological polar surface area (TPSA) is 29.3 Å². The highest BCUT2D eigenvalue weighted by Crippen LogP contribution is 2.37. The molecule has 1 atom stereocenters. The first kappa shape index (κ1) is 11.7. The average molecular weight is 250 g/mol. The molecule has 3 heteroatoms. The van der Waals surface area contributed by atoms with Gasteiger partial charge in [0.15, 0.2) is 0 Å². The molecule has 1 saturated carbocycles. The summed E-state index contributed by atoms with van der Waals surface area (Å²) in [4.78, 5) is 4.23. The zero-order chi connectivity index (χ0) is 11.7. The van der Waals surface area contributed by atoms with Gasteiger partial charge >= 0.3 is 0 Å². The lowest BCUT2D eigenvalue weighted by Gasteiger charge is -2.34. The van der Waals surface area contributed by atoms with Gasteiger partial charge in [0.25, 0.3) is 0 Å². The van der Waals surface area contributed by atoms with Crippen LogP contribution in [-0.4, -0.2) is 30.1 Å². The van der Waals surface area contributed by atoms with Crippen molar-refractivity contribution in [1.29, 1.82) is 0 Å². The first-order valence-electron chi connectivity index (χ1n) is 6.86. The lowest BCUT2D eigenvalue weighted by atomic mass is 9.84. The number of nitrogens with two attached hydrogens (primary N) is 1. The monoisotopic (exact) mass is 250 g/mol. The Bertz CT molecular complexity index is 341. The van der Waals surface area contributed by atoms with Gasteiger partial charge in [-0.3, -0.25) is 4.90 Å². The normalized spacial score (nSPS) is 35.2. The summed E-state index contributed by atoms with van der Waals surface area (Å²) < 4.78 is 0. The minimum Gasteiger partial charge on any atom is -0.326 e. The Kier molecular flexibility index (Phi) is 3.50. The van der Waals surface area contributed by atoms with E-state index in [2.05, 4.69) is 22.4 Å². The average Bonchev–Trinajstić information content (AvgIpc) is 3.00. The third-order valence-electron chi connectivity index (χ3n) is 4.41. The highest BCUT2D eigenvalue weighted by atomic mass is 32.1. The predicted octanol–water partition coefficient (Wildman–Crippen LogP) is 2.81. The van der Waals surface area contributed by atoms with E-state index in [1.807, 2.05) is 11.3 Å². The van der Waals surface area contributed by atoms with Crippen molar-refractivity contribution in [2.24, 2.45) is 5.73 Å². The number of rotatable bonds is 2. The third-order valence-corrected chi connectivity index (χ3v) is 5.45.